The maximum absolute atomic E-state index is 3.93. The molecule has 0 aromatic rings. The predicted octanol–water partition coefficient (Wildman–Crippen LogP) is 3.54. The van der Waals surface area contributed by atoms with Gasteiger partial charge in [0, 0.05) is 11.8 Å². The Morgan fingerprint density at radius 2 is 1.67 bits per heavy atom. The Hall–Kier alpha value is 0.310. The lowest BCUT2D eigenvalue weighted by molar-refractivity contribution is -0.0362. The van der Waals surface area contributed by atoms with Gasteiger partial charge >= 0.3 is 0 Å². The van der Waals surface area contributed by atoms with Crippen LogP contribution in [0.25, 0.3) is 0 Å². The fourth-order valence-electron chi connectivity index (χ4n) is 5.58. The molecule has 1 atom stereocenters. The van der Waals surface area contributed by atoms with E-state index >= 15 is 0 Å². The third-order valence-corrected chi connectivity index (χ3v) is 7.44. The molecule has 4 bridgehead atoms. The van der Waals surface area contributed by atoms with Crippen LogP contribution in [0.15, 0.2) is 0 Å². The minimum Gasteiger partial charge on any atom is -0.313 e. The van der Waals surface area contributed by atoms with E-state index in [1.807, 2.05) is 0 Å². The molecule has 18 heavy (non-hydrogen) atoms. The molecule has 1 saturated heterocycles. The van der Waals surface area contributed by atoms with Crippen LogP contribution >= 0.6 is 11.8 Å². The van der Waals surface area contributed by atoms with Crippen LogP contribution in [0, 0.1) is 29.6 Å². The van der Waals surface area contributed by atoms with E-state index in [-0.39, 0.29) is 0 Å². The highest BCUT2D eigenvalue weighted by molar-refractivity contribution is 7.99. The van der Waals surface area contributed by atoms with Crippen LogP contribution in [0.1, 0.15) is 44.9 Å². The second-order valence-corrected chi connectivity index (χ2v) is 8.57. The summed E-state index contributed by atoms with van der Waals surface area (Å²) < 4.78 is 0. The van der Waals surface area contributed by atoms with E-state index in [9.17, 15) is 0 Å². The Bertz CT molecular complexity index is 269. The molecule has 1 nitrogen and oxygen atoms in total. The molecule has 5 rings (SSSR count). The number of thioether (sulfide) groups is 1. The van der Waals surface area contributed by atoms with Gasteiger partial charge in [0.15, 0.2) is 0 Å². The van der Waals surface area contributed by atoms with Gasteiger partial charge in [-0.15, -0.1) is 0 Å². The summed E-state index contributed by atoms with van der Waals surface area (Å²) in [6.07, 6.45) is 10.8. The molecule has 0 aromatic carbocycles. The van der Waals surface area contributed by atoms with Crippen LogP contribution in [0.2, 0.25) is 0 Å². The number of hydrogen-bond acceptors (Lipinski definition) is 2. The van der Waals surface area contributed by atoms with E-state index in [0.29, 0.717) is 0 Å². The molecule has 2 heteroatoms. The fourth-order valence-corrected chi connectivity index (χ4v) is 6.68. The lowest BCUT2D eigenvalue weighted by Gasteiger charge is -2.54. The molecule has 0 spiro atoms. The smallest absolute Gasteiger partial charge is 0.0158 e. The van der Waals surface area contributed by atoms with Gasteiger partial charge in [0.2, 0.25) is 0 Å². The Morgan fingerprint density at radius 3 is 2.28 bits per heavy atom. The van der Waals surface area contributed by atoms with Crippen molar-refractivity contribution in [2.75, 3.05) is 18.1 Å². The SMILES string of the molecule is C1CSCC(NCC2C3CC4CC(C3)CC2C4)C1. The van der Waals surface area contributed by atoms with Gasteiger partial charge < -0.3 is 5.32 Å². The monoisotopic (exact) mass is 265 g/mol. The number of nitrogens with one attached hydrogen (secondary N) is 1. The average Bonchev–Trinajstić information content (AvgIpc) is 2.38. The van der Waals surface area contributed by atoms with Gasteiger partial charge in [-0.25, -0.2) is 0 Å². The first-order valence-electron chi connectivity index (χ1n) is 8.19. The third-order valence-electron chi connectivity index (χ3n) is 6.22. The van der Waals surface area contributed by atoms with E-state index in [2.05, 4.69) is 17.1 Å². The zero-order chi connectivity index (χ0) is 11.9. The minimum atomic E-state index is 0.834. The molecular formula is C16H27NS. The quantitative estimate of drug-likeness (QED) is 0.837. The summed E-state index contributed by atoms with van der Waals surface area (Å²) in [4.78, 5) is 0. The van der Waals surface area contributed by atoms with Crippen molar-refractivity contribution in [2.45, 2.75) is 51.0 Å². The van der Waals surface area contributed by atoms with Gasteiger partial charge in [0.1, 0.15) is 0 Å². The van der Waals surface area contributed by atoms with Crippen molar-refractivity contribution >= 4 is 11.8 Å². The number of hydrogen-bond donors (Lipinski definition) is 1. The predicted molar refractivity (Wildman–Crippen MR) is 78.9 cm³/mol. The van der Waals surface area contributed by atoms with E-state index in [1.165, 1.54) is 30.9 Å². The average molecular weight is 265 g/mol. The Balaban J connectivity index is 1.34. The molecule has 1 N–H and O–H groups in total. The van der Waals surface area contributed by atoms with Crippen molar-refractivity contribution in [3.63, 3.8) is 0 Å². The van der Waals surface area contributed by atoms with E-state index in [1.54, 1.807) is 32.1 Å². The first-order chi connectivity index (χ1) is 8.88. The summed E-state index contributed by atoms with van der Waals surface area (Å²) in [7, 11) is 0. The van der Waals surface area contributed by atoms with Crippen molar-refractivity contribution in [3.8, 4) is 0 Å². The van der Waals surface area contributed by atoms with Crippen molar-refractivity contribution in [3.05, 3.63) is 0 Å². The van der Waals surface area contributed by atoms with Crippen molar-refractivity contribution in [1.29, 1.82) is 0 Å². The van der Waals surface area contributed by atoms with Crippen LogP contribution in [0.4, 0.5) is 0 Å². The van der Waals surface area contributed by atoms with Crippen LogP contribution in [0.5, 0.6) is 0 Å². The second-order valence-electron chi connectivity index (χ2n) is 7.42. The lowest BCUT2D eigenvalue weighted by Crippen LogP contribution is -2.50. The van der Waals surface area contributed by atoms with Crippen LogP contribution in [-0.4, -0.2) is 24.1 Å². The van der Waals surface area contributed by atoms with E-state index < -0.39 is 0 Å². The summed E-state index contributed by atoms with van der Waals surface area (Å²) in [6.45, 7) is 1.35. The highest BCUT2D eigenvalue weighted by atomic mass is 32.2. The molecule has 0 aromatic heterocycles. The molecule has 102 valence electrons. The van der Waals surface area contributed by atoms with Gasteiger partial charge in [0.25, 0.3) is 0 Å². The summed E-state index contributed by atoms with van der Waals surface area (Å²) >= 11 is 2.16. The summed E-state index contributed by atoms with van der Waals surface area (Å²) in [5.41, 5.74) is 0. The highest BCUT2D eigenvalue weighted by Crippen LogP contribution is 2.56. The fraction of sp³-hybridized carbons (Fsp3) is 1.00. The maximum Gasteiger partial charge on any atom is 0.0158 e. The molecule has 4 saturated carbocycles. The Morgan fingerprint density at radius 1 is 0.944 bits per heavy atom. The van der Waals surface area contributed by atoms with Crippen LogP contribution in [-0.2, 0) is 0 Å². The zero-order valence-corrected chi connectivity index (χ0v) is 12.3. The van der Waals surface area contributed by atoms with E-state index in [0.717, 1.165) is 35.6 Å². The second kappa shape index (κ2) is 5.01. The highest BCUT2D eigenvalue weighted by Gasteiger charge is 2.47. The van der Waals surface area contributed by atoms with Gasteiger partial charge in [-0.3, -0.25) is 0 Å². The van der Waals surface area contributed by atoms with Crippen LogP contribution in [0.3, 0.4) is 0 Å². The molecule has 0 radical (unpaired) electrons. The first-order valence-corrected chi connectivity index (χ1v) is 9.35. The maximum atomic E-state index is 3.93. The third kappa shape index (κ3) is 2.24. The molecule has 5 fully saturated rings. The number of rotatable bonds is 3. The normalized spacial score (nSPS) is 50.7. The topological polar surface area (TPSA) is 12.0 Å². The zero-order valence-electron chi connectivity index (χ0n) is 11.4. The molecular weight excluding hydrogens is 238 g/mol. The largest absolute Gasteiger partial charge is 0.313 e. The standard InChI is InChI=1S/C16H27NS/c1-2-15(10-18-3-1)17-9-16-13-5-11-4-12(7-13)8-14(16)6-11/h11-17H,1-10H2. The summed E-state index contributed by atoms with van der Waals surface area (Å²) in [5.74, 6) is 8.28. The molecule has 1 heterocycles. The lowest BCUT2D eigenvalue weighted by atomic mass is 9.52. The van der Waals surface area contributed by atoms with Crippen LogP contribution < -0.4 is 5.32 Å². The molecule has 5 aliphatic rings. The van der Waals surface area contributed by atoms with Crippen molar-refractivity contribution < 1.29 is 0 Å². The first kappa shape index (κ1) is 12.1. The summed E-state index contributed by atoms with van der Waals surface area (Å²) in [6, 6.07) is 0.834. The van der Waals surface area contributed by atoms with Crippen molar-refractivity contribution in [1.82, 2.24) is 5.32 Å². The van der Waals surface area contributed by atoms with Gasteiger partial charge in [-0.1, -0.05) is 0 Å². The van der Waals surface area contributed by atoms with Gasteiger partial charge in [-0.05, 0) is 86.8 Å². The molecule has 0 amide bonds. The Labute approximate surface area is 116 Å². The Kier molecular flexibility index (Phi) is 3.36. The van der Waals surface area contributed by atoms with E-state index in [4.69, 9.17) is 0 Å². The minimum absolute atomic E-state index is 0.834. The van der Waals surface area contributed by atoms with Gasteiger partial charge in [-0.2, -0.15) is 11.8 Å². The molecule has 4 aliphatic carbocycles. The van der Waals surface area contributed by atoms with Crippen molar-refractivity contribution in [2.24, 2.45) is 29.6 Å². The summed E-state index contributed by atoms with van der Waals surface area (Å²) in [5, 5.41) is 3.93. The molecule has 1 unspecified atom stereocenters. The van der Waals surface area contributed by atoms with Gasteiger partial charge in [0.05, 0.1) is 0 Å². The molecule has 1 aliphatic heterocycles.